The molecule has 2 aromatic rings. The number of carbonyl (C=O) groups is 1. The van der Waals surface area contributed by atoms with Gasteiger partial charge in [-0.1, -0.05) is 30.3 Å². The smallest absolute Gasteiger partial charge is 0.229 e. The van der Waals surface area contributed by atoms with Gasteiger partial charge in [-0.2, -0.15) is 0 Å². The molecule has 0 saturated heterocycles. The molecule has 4 heteroatoms. The Labute approximate surface area is 124 Å². The van der Waals surface area contributed by atoms with Crippen LogP contribution in [0, 0.1) is 18.7 Å². The number of hydrogen-bond donors (Lipinski definition) is 2. The lowest BCUT2D eigenvalue weighted by Crippen LogP contribution is -2.31. The van der Waals surface area contributed by atoms with Crippen LogP contribution in [0.15, 0.2) is 48.5 Å². The van der Waals surface area contributed by atoms with Crippen molar-refractivity contribution in [2.75, 3.05) is 11.9 Å². The first kappa shape index (κ1) is 15.2. The average molecular weight is 286 g/mol. The van der Waals surface area contributed by atoms with Crippen molar-refractivity contribution in [1.82, 2.24) is 0 Å². The topological polar surface area (TPSA) is 55.1 Å². The zero-order valence-electron chi connectivity index (χ0n) is 12.0. The van der Waals surface area contributed by atoms with Gasteiger partial charge in [0.25, 0.3) is 0 Å². The third-order valence-electron chi connectivity index (χ3n) is 3.41. The lowest BCUT2D eigenvalue weighted by Gasteiger charge is -2.15. The standard InChI is InChI=1S/C17H19FN2O/c1-12-9-15(7-8-16(12)18)20-17(21)14(11-19)10-13-5-3-2-4-6-13/h2-9,14H,10-11,19H2,1H3,(H,20,21). The van der Waals surface area contributed by atoms with Crippen LogP contribution in [0.4, 0.5) is 10.1 Å². The minimum Gasteiger partial charge on any atom is -0.330 e. The van der Waals surface area contributed by atoms with Crippen LogP contribution in [0.1, 0.15) is 11.1 Å². The summed E-state index contributed by atoms with van der Waals surface area (Å²) in [6.07, 6.45) is 0.587. The Kier molecular flexibility index (Phi) is 5.06. The van der Waals surface area contributed by atoms with Crippen LogP contribution in [-0.4, -0.2) is 12.5 Å². The molecular formula is C17H19FN2O. The summed E-state index contributed by atoms with van der Waals surface area (Å²) in [5, 5.41) is 2.80. The Morgan fingerprint density at radius 3 is 2.57 bits per heavy atom. The molecule has 0 heterocycles. The molecule has 1 unspecified atom stereocenters. The van der Waals surface area contributed by atoms with Gasteiger partial charge in [0.1, 0.15) is 5.82 Å². The van der Waals surface area contributed by atoms with Crippen molar-refractivity contribution >= 4 is 11.6 Å². The van der Waals surface area contributed by atoms with Gasteiger partial charge in [0, 0.05) is 12.2 Å². The maximum atomic E-state index is 13.2. The second-order valence-electron chi connectivity index (χ2n) is 5.08. The van der Waals surface area contributed by atoms with E-state index in [1.54, 1.807) is 19.1 Å². The molecule has 2 aromatic carbocycles. The lowest BCUT2D eigenvalue weighted by molar-refractivity contribution is -0.119. The summed E-state index contributed by atoms with van der Waals surface area (Å²) in [6, 6.07) is 14.3. The number of carbonyl (C=O) groups excluding carboxylic acids is 1. The highest BCUT2D eigenvalue weighted by molar-refractivity contribution is 5.92. The van der Waals surface area contributed by atoms with E-state index in [-0.39, 0.29) is 24.2 Å². The number of hydrogen-bond acceptors (Lipinski definition) is 2. The van der Waals surface area contributed by atoms with E-state index >= 15 is 0 Å². The van der Waals surface area contributed by atoms with Gasteiger partial charge in [-0.25, -0.2) is 4.39 Å². The Morgan fingerprint density at radius 1 is 1.24 bits per heavy atom. The van der Waals surface area contributed by atoms with E-state index in [2.05, 4.69) is 5.32 Å². The third-order valence-corrected chi connectivity index (χ3v) is 3.41. The van der Waals surface area contributed by atoms with Gasteiger partial charge in [0.2, 0.25) is 5.91 Å². The SMILES string of the molecule is Cc1cc(NC(=O)C(CN)Cc2ccccc2)ccc1F. The van der Waals surface area contributed by atoms with Crippen molar-refractivity contribution in [1.29, 1.82) is 0 Å². The molecule has 0 aliphatic heterocycles. The van der Waals surface area contributed by atoms with Gasteiger partial charge in [-0.05, 0) is 42.7 Å². The predicted molar refractivity (Wildman–Crippen MR) is 82.5 cm³/mol. The number of amides is 1. The van der Waals surface area contributed by atoms with E-state index < -0.39 is 0 Å². The molecule has 2 rings (SSSR count). The first-order chi connectivity index (χ1) is 10.1. The highest BCUT2D eigenvalue weighted by atomic mass is 19.1. The molecule has 0 fully saturated rings. The van der Waals surface area contributed by atoms with Gasteiger partial charge >= 0.3 is 0 Å². The van der Waals surface area contributed by atoms with Gasteiger partial charge in [0.15, 0.2) is 0 Å². The van der Waals surface area contributed by atoms with Gasteiger partial charge in [-0.3, -0.25) is 4.79 Å². The molecule has 0 aliphatic rings. The molecule has 21 heavy (non-hydrogen) atoms. The van der Waals surface area contributed by atoms with Crippen molar-refractivity contribution < 1.29 is 9.18 Å². The molecule has 0 radical (unpaired) electrons. The number of anilines is 1. The van der Waals surface area contributed by atoms with Crippen molar-refractivity contribution in [2.24, 2.45) is 11.7 Å². The number of nitrogens with one attached hydrogen (secondary N) is 1. The van der Waals surface area contributed by atoms with Crippen LogP contribution in [0.3, 0.4) is 0 Å². The Bertz CT molecular complexity index is 613. The molecule has 0 spiro atoms. The summed E-state index contributed by atoms with van der Waals surface area (Å²) in [6.45, 7) is 1.93. The summed E-state index contributed by atoms with van der Waals surface area (Å²) < 4.78 is 13.2. The molecule has 1 atom stereocenters. The first-order valence-electron chi connectivity index (χ1n) is 6.91. The largest absolute Gasteiger partial charge is 0.330 e. The van der Waals surface area contributed by atoms with Crippen molar-refractivity contribution in [3.63, 3.8) is 0 Å². The van der Waals surface area contributed by atoms with E-state index in [4.69, 9.17) is 5.73 Å². The fourth-order valence-corrected chi connectivity index (χ4v) is 2.15. The van der Waals surface area contributed by atoms with Gasteiger partial charge in [-0.15, -0.1) is 0 Å². The molecule has 110 valence electrons. The minimum atomic E-state index is -0.308. The number of halogens is 1. The number of benzene rings is 2. The first-order valence-corrected chi connectivity index (χ1v) is 6.91. The highest BCUT2D eigenvalue weighted by Gasteiger charge is 2.17. The zero-order valence-corrected chi connectivity index (χ0v) is 12.0. The van der Waals surface area contributed by atoms with Gasteiger partial charge in [0.05, 0.1) is 5.92 Å². The van der Waals surface area contributed by atoms with Crippen LogP contribution in [0.25, 0.3) is 0 Å². The molecule has 0 aromatic heterocycles. The van der Waals surface area contributed by atoms with E-state index in [1.807, 2.05) is 30.3 Å². The number of aryl methyl sites for hydroxylation is 1. The fourth-order valence-electron chi connectivity index (χ4n) is 2.15. The second-order valence-corrected chi connectivity index (χ2v) is 5.08. The van der Waals surface area contributed by atoms with E-state index in [1.165, 1.54) is 6.07 Å². The highest BCUT2D eigenvalue weighted by Crippen LogP contribution is 2.16. The maximum absolute atomic E-state index is 13.2. The minimum absolute atomic E-state index is 0.146. The summed E-state index contributed by atoms with van der Waals surface area (Å²) in [7, 11) is 0. The summed E-state index contributed by atoms with van der Waals surface area (Å²) >= 11 is 0. The van der Waals surface area contributed by atoms with Crippen molar-refractivity contribution in [2.45, 2.75) is 13.3 Å². The molecule has 3 nitrogen and oxygen atoms in total. The summed E-state index contributed by atoms with van der Waals surface area (Å²) in [4.78, 5) is 12.3. The number of rotatable bonds is 5. The monoisotopic (exact) mass is 286 g/mol. The summed E-state index contributed by atoms with van der Waals surface area (Å²) in [5.74, 6) is -0.738. The van der Waals surface area contributed by atoms with Crippen LogP contribution in [0.5, 0.6) is 0 Å². The molecule has 3 N–H and O–H groups in total. The lowest BCUT2D eigenvalue weighted by atomic mass is 9.98. The summed E-state index contributed by atoms with van der Waals surface area (Å²) in [5.41, 5.74) is 7.86. The molecule has 0 aliphatic carbocycles. The fraction of sp³-hybridized carbons (Fsp3) is 0.235. The third kappa shape index (κ3) is 4.13. The predicted octanol–water partition coefficient (Wildman–Crippen LogP) is 2.89. The van der Waals surface area contributed by atoms with E-state index in [9.17, 15) is 9.18 Å². The molecule has 1 amide bonds. The van der Waals surface area contributed by atoms with Crippen molar-refractivity contribution in [3.8, 4) is 0 Å². The normalized spacial score (nSPS) is 12.0. The zero-order chi connectivity index (χ0) is 15.2. The van der Waals surface area contributed by atoms with Crippen molar-refractivity contribution in [3.05, 3.63) is 65.5 Å². The Balaban J connectivity index is 2.04. The maximum Gasteiger partial charge on any atom is 0.229 e. The van der Waals surface area contributed by atoms with E-state index in [0.29, 0.717) is 17.7 Å². The van der Waals surface area contributed by atoms with Crippen LogP contribution < -0.4 is 11.1 Å². The number of nitrogens with two attached hydrogens (primary N) is 1. The second kappa shape index (κ2) is 6.99. The van der Waals surface area contributed by atoms with Crippen LogP contribution >= 0.6 is 0 Å². The molecular weight excluding hydrogens is 267 g/mol. The average Bonchev–Trinajstić information content (AvgIpc) is 2.49. The molecule has 0 bridgehead atoms. The quantitative estimate of drug-likeness (QED) is 0.888. The van der Waals surface area contributed by atoms with E-state index in [0.717, 1.165) is 5.56 Å². The van der Waals surface area contributed by atoms with Gasteiger partial charge < -0.3 is 11.1 Å². The Hall–Kier alpha value is -2.20. The van der Waals surface area contributed by atoms with Crippen LogP contribution in [-0.2, 0) is 11.2 Å². The molecule has 0 saturated carbocycles. The van der Waals surface area contributed by atoms with Crippen LogP contribution in [0.2, 0.25) is 0 Å². The Morgan fingerprint density at radius 2 is 1.95 bits per heavy atom.